The van der Waals surface area contributed by atoms with E-state index in [4.69, 9.17) is 4.42 Å². The first-order valence-corrected chi connectivity index (χ1v) is 6.89. The van der Waals surface area contributed by atoms with Crippen molar-refractivity contribution in [1.82, 2.24) is 0 Å². The molecular formula is C18H16O3. The zero-order valence-electron chi connectivity index (χ0n) is 12.0. The van der Waals surface area contributed by atoms with Crippen LogP contribution in [0.3, 0.4) is 0 Å². The molecule has 3 nitrogen and oxygen atoms in total. The van der Waals surface area contributed by atoms with Crippen LogP contribution in [0.2, 0.25) is 0 Å². The van der Waals surface area contributed by atoms with Crippen LogP contribution < -0.4 is 5.63 Å². The quantitative estimate of drug-likeness (QED) is 0.723. The lowest BCUT2D eigenvalue weighted by molar-refractivity contribution is 0.469. The number of aromatic hydroxyl groups is 1. The first-order chi connectivity index (χ1) is 10.1. The molecule has 0 aliphatic rings. The molecule has 3 heteroatoms. The third kappa shape index (κ3) is 2.31. The molecule has 3 aromatic rings. The third-order valence-electron chi connectivity index (χ3n) is 3.96. The average molecular weight is 280 g/mol. The minimum Gasteiger partial charge on any atom is -0.508 e. The van der Waals surface area contributed by atoms with Crippen LogP contribution in [0, 0.1) is 6.92 Å². The Balaban J connectivity index is 2.22. The normalized spacial score (nSPS) is 12.5. The molecule has 3 rings (SSSR count). The van der Waals surface area contributed by atoms with Crippen molar-refractivity contribution in [1.29, 1.82) is 0 Å². The summed E-state index contributed by atoms with van der Waals surface area (Å²) in [6.07, 6.45) is 0. The second kappa shape index (κ2) is 5.09. The van der Waals surface area contributed by atoms with E-state index in [-0.39, 0.29) is 17.3 Å². The van der Waals surface area contributed by atoms with Gasteiger partial charge in [-0.25, -0.2) is 4.79 Å². The Morgan fingerprint density at radius 2 is 1.71 bits per heavy atom. The maximum absolute atomic E-state index is 11.5. The van der Waals surface area contributed by atoms with Gasteiger partial charge in [0.2, 0.25) is 0 Å². The van der Waals surface area contributed by atoms with E-state index in [1.165, 1.54) is 6.07 Å². The molecule has 0 bridgehead atoms. The molecule has 106 valence electrons. The highest BCUT2D eigenvalue weighted by Crippen LogP contribution is 2.33. The Morgan fingerprint density at radius 3 is 2.52 bits per heavy atom. The van der Waals surface area contributed by atoms with Gasteiger partial charge in [-0.15, -0.1) is 0 Å². The van der Waals surface area contributed by atoms with E-state index in [0.29, 0.717) is 5.58 Å². The molecule has 1 heterocycles. The maximum Gasteiger partial charge on any atom is 0.336 e. The van der Waals surface area contributed by atoms with Gasteiger partial charge in [0.25, 0.3) is 0 Å². The second-order valence-corrected chi connectivity index (χ2v) is 5.23. The summed E-state index contributed by atoms with van der Waals surface area (Å²) in [5, 5.41) is 10.8. The zero-order valence-corrected chi connectivity index (χ0v) is 12.0. The van der Waals surface area contributed by atoms with Crippen LogP contribution >= 0.6 is 0 Å². The van der Waals surface area contributed by atoms with Crippen molar-refractivity contribution in [2.24, 2.45) is 0 Å². The Kier molecular flexibility index (Phi) is 3.26. The van der Waals surface area contributed by atoms with Gasteiger partial charge < -0.3 is 9.52 Å². The standard InChI is InChI=1S/C18H16O3/c1-11(14-6-4-8-16(19)12(14)2)15-7-3-5-13-9-10-17(20)21-18(13)15/h3-11,19H,1-2H3. The fraction of sp³-hybridized carbons (Fsp3) is 0.167. The summed E-state index contributed by atoms with van der Waals surface area (Å²) < 4.78 is 5.39. The minimum atomic E-state index is -0.352. The van der Waals surface area contributed by atoms with Gasteiger partial charge in [0.05, 0.1) is 0 Å². The zero-order chi connectivity index (χ0) is 15.0. The van der Waals surface area contributed by atoms with E-state index in [0.717, 1.165) is 22.1 Å². The smallest absolute Gasteiger partial charge is 0.336 e. The molecular weight excluding hydrogens is 264 g/mol. The van der Waals surface area contributed by atoms with Gasteiger partial charge in [0.1, 0.15) is 11.3 Å². The number of para-hydroxylation sites is 1. The summed E-state index contributed by atoms with van der Waals surface area (Å²) in [4.78, 5) is 11.5. The summed E-state index contributed by atoms with van der Waals surface area (Å²) in [5.41, 5.74) is 3.07. The van der Waals surface area contributed by atoms with Gasteiger partial charge in [-0.05, 0) is 30.2 Å². The predicted molar refractivity (Wildman–Crippen MR) is 82.8 cm³/mol. The Hall–Kier alpha value is -2.55. The number of hydrogen-bond donors (Lipinski definition) is 1. The number of fused-ring (bicyclic) bond motifs is 1. The lowest BCUT2D eigenvalue weighted by atomic mass is 9.89. The fourth-order valence-electron chi connectivity index (χ4n) is 2.73. The highest BCUT2D eigenvalue weighted by atomic mass is 16.4. The van der Waals surface area contributed by atoms with Crippen LogP contribution in [0.15, 0.2) is 57.7 Å². The number of phenolic OH excluding ortho intramolecular Hbond substituents is 1. The lowest BCUT2D eigenvalue weighted by Gasteiger charge is -2.17. The molecule has 0 saturated heterocycles. The van der Waals surface area contributed by atoms with Crippen molar-refractivity contribution in [3.8, 4) is 5.75 Å². The molecule has 1 N–H and O–H groups in total. The van der Waals surface area contributed by atoms with Crippen molar-refractivity contribution in [2.45, 2.75) is 19.8 Å². The Labute approximate surface area is 122 Å². The molecule has 0 aliphatic heterocycles. The van der Waals surface area contributed by atoms with Crippen molar-refractivity contribution in [3.63, 3.8) is 0 Å². The molecule has 2 aromatic carbocycles. The summed E-state index contributed by atoms with van der Waals surface area (Å²) in [7, 11) is 0. The number of rotatable bonds is 2. The van der Waals surface area contributed by atoms with Crippen LogP contribution in [0.5, 0.6) is 5.75 Å². The van der Waals surface area contributed by atoms with Gasteiger partial charge in [-0.3, -0.25) is 0 Å². The monoisotopic (exact) mass is 280 g/mol. The molecule has 0 spiro atoms. The third-order valence-corrected chi connectivity index (χ3v) is 3.96. The number of hydrogen-bond acceptors (Lipinski definition) is 3. The fourth-order valence-corrected chi connectivity index (χ4v) is 2.73. The van der Waals surface area contributed by atoms with E-state index < -0.39 is 0 Å². The molecule has 0 radical (unpaired) electrons. The Bertz CT molecular complexity index is 862. The van der Waals surface area contributed by atoms with Gasteiger partial charge in [-0.2, -0.15) is 0 Å². The molecule has 21 heavy (non-hydrogen) atoms. The Morgan fingerprint density at radius 1 is 1.00 bits per heavy atom. The highest BCUT2D eigenvalue weighted by Gasteiger charge is 2.16. The van der Waals surface area contributed by atoms with Gasteiger partial charge in [0.15, 0.2) is 0 Å². The van der Waals surface area contributed by atoms with Crippen molar-refractivity contribution in [3.05, 3.63) is 75.6 Å². The van der Waals surface area contributed by atoms with Crippen molar-refractivity contribution < 1.29 is 9.52 Å². The number of phenols is 1. The topological polar surface area (TPSA) is 50.4 Å². The first-order valence-electron chi connectivity index (χ1n) is 6.89. The van der Waals surface area contributed by atoms with Crippen molar-refractivity contribution >= 4 is 11.0 Å². The molecule has 0 fully saturated rings. The van der Waals surface area contributed by atoms with E-state index in [1.54, 1.807) is 12.1 Å². The molecule has 0 amide bonds. The van der Waals surface area contributed by atoms with Crippen LogP contribution in [0.4, 0.5) is 0 Å². The second-order valence-electron chi connectivity index (χ2n) is 5.23. The highest BCUT2D eigenvalue weighted by molar-refractivity contribution is 5.80. The van der Waals surface area contributed by atoms with Gasteiger partial charge in [0, 0.05) is 22.9 Å². The van der Waals surface area contributed by atoms with E-state index in [9.17, 15) is 9.90 Å². The minimum absolute atomic E-state index is 0.0198. The van der Waals surface area contributed by atoms with E-state index in [1.807, 2.05) is 44.2 Å². The summed E-state index contributed by atoms with van der Waals surface area (Å²) >= 11 is 0. The summed E-state index contributed by atoms with van der Waals surface area (Å²) in [6.45, 7) is 3.94. The van der Waals surface area contributed by atoms with Crippen LogP contribution in [-0.4, -0.2) is 5.11 Å². The number of benzene rings is 2. The van der Waals surface area contributed by atoms with Gasteiger partial charge >= 0.3 is 5.63 Å². The largest absolute Gasteiger partial charge is 0.508 e. The first kappa shape index (κ1) is 13.4. The predicted octanol–water partition coefficient (Wildman–Crippen LogP) is 3.96. The van der Waals surface area contributed by atoms with E-state index >= 15 is 0 Å². The molecule has 1 aromatic heterocycles. The molecule has 1 atom stereocenters. The van der Waals surface area contributed by atoms with Crippen LogP contribution in [0.25, 0.3) is 11.0 Å². The molecule has 1 unspecified atom stereocenters. The lowest BCUT2D eigenvalue weighted by Crippen LogP contribution is -2.02. The van der Waals surface area contributed by atoms with Crippen LogP contribution in [-0.2, 0) is 0 Å². The van der Waals surface area contributed by atoms with Crippen molar-refractivity contribution in [2.75, 3.05) is 0 Å². The summed E-state index contributed by atoms with van der Waals surface area (Å²) in [5.74, 6) is 0.299. The average Bonchev–Trinajstić information content (AvgIpc) is 2.48. The molecule has 0 saturated carbocycles. The summed E-state index contributed by atoms with van der Waals surface area (Å²) in [6, 6.07) is 14.5. The van der Waals surface area contributed by atoms with Crippen LogP contribution in [0.1, 0.15) is 29.5 Å². The van der Waals surface area contributed by atoms with E-state index in [2.05, 4.69) is 0 Å². The molecule has 0 aliphatic carbocycles. The van der Waals surface area contributed by atoms with Gasteiger partial charge in [-0.1, -0.05) is 37.3 Å². The SMILES string of the molecule is Cc1c(O)cccc1C(C)c1cccc2ccc(=O)oc12. The maximum atomic E-state index is 11.5.